The van der Waals surface area contributed by atoms with Crippen LogP contribution in [0.3, 0.4) is 0 Å². The highest BCUT2D eigenvalue weighted by Crippen LogP contribution is 2.21. The molecule has 0 spiro atoms. The van der Waals surface area contributed by atoms with Crippen LogP contribution in [-0.2, 0) is 4.79 Å². The molecule has 2 heterocycles. The summed E-state index contributed by atoms with van der Waals surface area (Å²) in [6, 6.07) is 7.43. The number of rotatable bonds is 4. The summed E-state index contributed by atoms with van der Waals surface area (Å²) in [7, 11) is 0. The predicted molar refractivity (Wildman–Crippen MR) is 88.9 cm³/mol. The Labute approximate surface area is 134 Å². The van der Waals surface area contributed by atoms with Crippen molar-refractivity contribution < 1.29 is 9.21 Å². The van der Waals surface area contributed by atoms with Gasteiger partial charge in [0.1, 0.15) is 6.26 Å². The van der Waals surface area contributed by atoms with Crippen LogP contribution in [0.5, 0.6) is 0 Å². The maximum absolute atomic E-state index is 12.4. The Hall–Kier alpha value is -1.79. The van der Waals surface area contributed by atoms with Crippen LogP contribution >= 0.6 is 11.8 Å². The lowest BCUT2D eigenvalue weighted by Gasteiger charge is -2.31. The van der Waals surface area contributed by atoms with E-state index in [0.717, 1.165) is 35.8 Å². The monoisotopic (exact) mass is 317 g/mol. The number of benzene rings is 1. The number of nitrogens with zero attached hydrogens (tertiary/aromatic N) is 2. The molecule has 1 amide bonds. The Morgan fingerprint density at radius 3 is 2.95 bits per heavy atom. The fraction of sp³-hybridized carbons (Fsp3) is 0.375. The quantitative estimate of drug-likeness (QED) is 0.939. The van der Waals surface area contributed by atoms with Crippen LogP contribution < -0.4 is 5.32 Å². The number of amides is 1. The third-order valence-corrected chi connectivity index (χ3v) is 4.72. The molecule has 22 heavy (non-hydrogen) atoms. The number of oxazole rings is 1. The van der Waals surface area contributed by atoms with Gasteiger partial charge in [0.15, 0.2) is 0 Å². The number of hydrogen-bond donors (Lipinski definition) is 1. The predicted octanol–water partition coefficient (Wildman–Crippen LogP) is 2.72. The number of aromatic nitrogens is 1. The summed E-state index contributed by atoms with van der Waals surface area (Å²) in [5.74, 6) is 2.77. The molecule has 0 radical (unpaired) electrons. The second-order valence-electron chi connectivity index (χ2n) is 5.23. The Kier molecular flexibility index (Phi) is 4.80. The van der Waals surface area contributed by atoms with E-state index in [4.69, 9.17) is 4.42 Å². The van der Waals surface area contributed by atoms with Crippen molar-refractivity contribution in [3.8, 4) is 11.5 Å². The molecular formula is C16H19N3O2S. The van der Waals surface area contributed by atoms with Crippen molar-refractivity contribution in [3.05, 3.63) is 36.7 Å². The number of thioether (sulfide) groups is 1. The third kappa shape index (κ3) is 3.51. The van der Waals surface area contributed by atoms with Gasteiger partial charge in [-0.05, 0) is 25.1 Å². The standard InChI is InChI=1S/C16H19N3O2S/c1-12(19-6-9-22-10-7-19)15(20)18-14-4-2-3-13(11-14)16-17-5-8-21-16/h2-5,8,11-12H,6-7,9-10H2,1H3,(H,18,20). The van der Waals surface area contributed by atoms with Gasteiger partial charge in [0.2, 0.25) is 11.8 Å². The second-order valence-corrected chi connectivity index (χ2v) is 6.46. The molecule has 0 bridgehead atoms. The highest BCUT2D eigenvalue weighted by atomic mass is 32.2. The van der Waals surface area contributed by atoms with Gasteiger partial charge in [0, 0.05) is 35.8 Å². The molecular weight excluding hydrogens is 298 g/mol. The SMILES string of the molecule is CC(C(=O)Nc1cccc(-c2ncco2)c1)N1CCSCC1. The Bertz CT molecular complexity index is 624. The first-order valence-corrected chi connectivity index (χ1v) is 8.52. The van der Waals surface area contributed by atoms with Gasteiger partial charge in [-0.3, -0.25) is 9.69 Å². The van der Waals surface area contributed by atoms with Gasteiger partial charge in [-0.25, -0.2) is 4.98 Å². The Morgan fingerprint density at radius 1 is 1.41 bits per heavy atom. The summed E-state index contributed by atoms with van der Waals surface area (Å²) in [5, 5.41) is 2.98. The van der Waals surface area contributed by atoms with Crippen LogP contribution in [0.25, 0.3) is 11.5 Å². The maximum atomic E-state index is 12.4. The van der Waals surface area contributed by atoms with Crippen molar-refractivity contribution in [2.75, 3.05) is 29.9 Å². The lowest BCUT2D eigenvalue weighted by atomic mass is 10.2. The number of hydrogen-bond acceptors (Lipinski definition) is 5. The minimum atomic E-state index is -0.119. The zero-order valence-corrected chi connectivity index (χ0v) is 13.3. The van der Waals surface area contributed by atoms with Gasteiger partial charge in [-0.1, -0.05) is 6.07 Å². The lowest BCUT2D eigenvalue weighted by molar-refractivity contribution is -0.120. The molecule has 3 rings (SSSR count). The first-order chi connectivity index (χ1) is 10.7. The van der Waals surface area contributed by atoms with Crippen LogP contribution in [0.15, 0.2) is 41.1 Å². The maximum Gasteiger partial charge on any atom is 0.241 e. The van der Waals surface area contributed by atoms with Crippen LogP contribution in [0.1, 0.15) is 6.92 Å². The molecule has 1 saturated heterocycles. The molecule has 0 saturated carbocycles. The van der Waals surface area contributed by atoms with E-state index < -0.39 is 0 Å². The second kappa shape index (κ2) is 6.98. The largest absolute Gasteiger partial charge is 0.445 e. The van der Waals surface area contributed by atoms with Crippen LogP contribution in [0, 0.1) is 0 Å². The van der Waals surface area contributed by atoms with E-state index in [1.807, 2.05) is 43.0 Å². The molecule has 0 aliphatic carbocycles. The molecule has 1 aromatic heterocycles. The summed E-state index contributed by atoms with van der Waals surface area (Å²) in [4.78, 5) is 18.8. The van der Waals surface area contributed by atoms with E-state index in [2.05, 4.69) is 15.2 Å². The van der Waals surface area contributed by atoms with E-state index in [9.17, 15) is 4.79 Å². The molecule has 1 atom stereocenters. The normalized spacial score (nSPS) is 17.1. The molecule has 1 fully saturated rings. The van der Waals surface area contributed by atoms with Crippen molar-refractivity contribution >= 4 is 23.4 Å². The highest BCUT2D eigenvalue weighted by molar-refractivity contribution is 7.99. The minimum Gasteiger partial charge on any atom is -0.445 e. The van der Waals surface area contributed by atoms with E-state index in [-0.39, 0.29) is 11.9 Å². The number of carbonyl (C=O) groups excluding carboxylic acids is 1. The van der Waals surface area contributed by atoms with E-state index >= 15 is 0 Å². The molecule has 1 N–H and O–H groups in total. The molecule has 1 unspecified atom stereocenters. The summed E-state index contributed by atoms with van der Waals surface area (Å²) >= 11 is 1.94. The lowest BCUT2D eigenvalue weighted by Crippen LogP contribution is -2.46. The topological polar surface area (TPSA) is 58.4 Å². The van der Waals surface area contributed by atoms with Crippen molar-refractivity contribution in [3.63, 3.8) is 0 Å². The highest BCUT2D eigenvalue weighted by Gasteiger charge is 2.23. The minimum absolute atomic E-state index is 0.0245. The summed E-state index contributed by atoms with van der Waals surface area (Å²) in [5.41, 5.74) is 1.61. The first-order valence-electron chi connectivity index (χ1n) is 7.36. The number of nitrogens with one attached hydrogen (secondary N) is 1. The van der Waals surface area contributed by atoms with Crippen molar-refractivity contribution in [2.24, 2.45) is 0 Å². The molecule has 1 aliphatic rings. The first kappa shape index (κ1) is 15.1. The van der Waals surface area contributed by atoms with Gasteiger partial charge in [-0.15, -0.1) is 0 Å². The summed E-state index contributed by atoms with van der Waals surface area (Å²) in [6.45, 7) is 3.90. The van der Waals surface area contributed by atoms with Crippen LogP contribution in [0.4, 0.5) is 5.69 Å². The fourth-order valence-corrected chi connectivity index (χ4v) is 3.40. The van der Waals surface area contributed by atoms with Gasteiger partial charge >= 0.3 is 0 Å². The molecule has 5 nitrogen and oxygen atoms in total. The van der Waals surface area contributed by atoms with Gasteiger partial charge in [0.25, 0.3) is 0 Å². The van der Waals surface area contributed by atoms with Crippen LogP contribution in [-0.4, -0.2) is 46.4 Å². The third-order valence-electron chi connectivity index (χ3n) is 3.78. The zero-order valence-electron chi connectivity index (χ0n) is 12.5. The fourth-order valence-electron chi connectivity index (χ4n) is 2.47. The smallest absolute Gasteiger partial charge is 0.241 e. The van der Waals surface area contributed by atoms with Crippen LogP contribution in [0.2, 0.25) is 0 Å². The molecule has 2 aromatic rings. The van der Waals surface area contributed by atoms with Gasteiger partial charge < -0.3 is 9.73 Å². The number of carbonyl (C=O) groups is 1. The van der Waals surface area contributed by atoms with E-state index in [0.29, 0.717) is 5.89 Å². The Morgan fingerprint density at radius 2 is 2.23 bits per heavy atom. The molecule has 6 heteroatoms. The molecule has 1 aromatic carbocycles. The van der Waals surface area contributed by atoms with E-state index in [1.165, 1.54) is 6.26 Å². The molecule has 1 aliphatic heterocycles. The van der Waals surface area contributed by atoms with Gasteiger partial charge in [-0.2, -0.15) is 11.8 Å². The summed E-state index contributed by atoms with van der Waals surface area (Å²) in [6.07, 6.45) is 3.15. The zero-order chi connectivity index (χ0) is 15.4. The van der Waals surface area contributed by atoms with Gasteiger partial charge in [0.05, 0.1) is 12.2 Å². The molecule has 116 valence electrons. The van der Waals surface area contributed by atoms with Crippen molar-refractivity contribution in [1.82, 2.24) is 9.88 Å². The number of anilines is 1. The average molecular weight is 317 g/mol. The van der Waals surface area contributed by atoms with Crippen molar-refractivity contribution in [1.29, 1.82) is 0 Å². The van der Waals surface area contributed by atoms with Crippen molar-refractivity contribution in [2.45, 2.75) is 13.0 Å². The summed E-state index contributed by atoms with van der Waals surface area (Å²) < 4.78 is 5.29. The van der Waals surface area contributed by atoms with E-state index in [1.54, 1.807) is 6.20 Å². The average Bonchev–Trinajstić information content (AvgIpc) is 3.10. The Balaban J connectivity index is 1.67.